The molecule has 3 nitrogen and oxygen atoms in total. The molecule has 1 N–H and O–H groups in total. The molecule has 0 aliphatic rings. The molecule has 0 atom stereocenters. The predicted octanol–water partition coefficient (Wildman–Crippen LogP) is 3.59. The highest BCUT2D eigenvalue weighted by molar-refractivity contribution is 7.09. The van der Waals surface area contributed by atoms with Crippen molar-refractivity contribution in [1.29, 1.82) is 0 Å². The molecule has 1 aromatic carbocycles. The van der Waals surface area contributed by atoms with Gasteiger partial charge in [0.15, 0.2) is 0 Å². The molecule has 20 heavy (non-hydrogen) atoms. The third kappa shape index (κ3) is 4.32. The van der Waals surface area contributed by atoms with Crippen molar-refractivity contribution < 1.29 is 0 Å². The van der Waals surface area contributed by atoms with Gasteiger partial charge in [0.2, 0.25) is 0 Å². The van der Waals surface area contributed by atoms with Gasteiger partial charge in [-0.05, 0) is 37.6 Å². The Morgan fingerprint density at radius 2 is 2.00 bits per heavy atom. The average molecular weight is 289 g/mol. The summed E-state index contributed by atoms with van der Waals surface area (Å²) in [5, 5.41) is 6.68. The highest BCUT2D eigenvalue weighted by Gasteiger charge is 2.05. The smallest absolute Gasteiger partial charge is 0.0898 e. The van der Waals surface area contributed by atoms with E-state index in [1.54, 1.807) is 11.3 Å². The Balaban J connectivity index is 1.91. The lowest BCUT2D eigenvalue weighted by molar-refractivity contribution is 0.675. The first-order valence-electron chi connectivity index (χ1n) is 7.11. The van der Waals surface area contributed by atoms with Crippen LogP contribution in [0.15, 0.2) is 29.6 Å². The summed E-state index contributed by atoms with van der Waals surface area (Å²) in [5.74, 6) is 0. The van der Waals surface area contributed by atoms with Crippen LogP contribution in [0.3, 0.4) is 0 Å². The van der Waals surface area contributed by atoms with Gasteiger partial charge in [0.25, 0.3) is 0 Å². The topological polar surface area (TPSA) is 28.2 Å². The zero-order chi connectivity index (χ0) is 14.4. The van der Waals surface area contributed by atoms with Crippen molar-refractivity contribution in [2.75, 3.05) is 18.5 Å². The third-order valence-electron chi connectivity index (χ3n) is 3.20. The fraction of sp³-hybridized carbons (Fsp3) is 0.438. The first-order chi connectivity index (χ1) is 9.69. The second-order valence-electron chi connectivity index (χ2n) is 5.06. The molecule has 0 bridgehead atoms. The molecule has 4 heteroatoms. The maximum atomic E-state index is 4.51. The van der Waals surface area contributed by atoms with E-state index >= 15 is 0 Å². The zero-order valence-electron chi connectivity index (χ0n) is 12.5. The van der Waals surface area contributed by atoms with Gasteiger partial charge in [-0.2, -0.15) is 0 Å². The van der Waals surface area contributed by atoms with E-state index < -0.39 is 0 Å². The Morgan fingerprint density at radius 3 is 2.60 bits per heavy atom. The molecule has 1 aromatic heterocycles. The second-order valence-corrected chi connectivity index (χ2v) is 6.12. The van der Waals surface area contributed by atoms with Crippen molar-refractivity contribution >= 4 is 17.0 Å². The van der Waals surface area contributed by atoms with Crippen LogP contribution < -0.4 is 10.2 Å². The Labute approximate surface area is 125 Å². The molecule has 108 valence electrons. The van der Waals surface area contributed by atoms with Gasteiger partial charge in [0.1, 0.15) is 0 Å². The number of anilines is 1. The van der Waals surface area contributed by atoms with Gasteiger partial charge < -0.3 is 10.2 Å². The standard InChI is InChI=1S/C16H23N3S/c1-4-9-17-10-14-5-7-16(8-6-14)19(3)11-15-12-20-13(2)18-15/h5-8,12,17H,4,9-11H2,1-3H3. The van der Waals surface area contributed by atoms with E-state index in [-0.39, 0.29) is 0 Å². The lowest BCUT2D eigenvalue weighted by Crippen LogP contribution is -2.17. The van der Waals surface area contributed by atoms with E-state index in [2.05, 4.69) is 58.8 Å². The molecule has 0 unspecified atom stereocenters. The number of aromatic nitrogens is 1. The maximum Gasteiger partial charge on any atom is 0.0898 e. The van der Waals surface area contributed by atoms with Gasteiger partial charge in [-0.3, -0.25) is 0 Å². The highest BCUT2D eigenvalue weighted by Crippen LogP contribution is 2.17. The molecule has 0 amide bonds. The number of thiazole rings is 1. The normalized spacial score (nSPS) is 10.8. The summed E-state index contributed by atoms with van der Waals surface area (Å²) >= 11 is 1.71. The maximum absolute atomic E-state index is 4.51. The molecule has 1 heterocycles. The van der Waals surface area contributed by atoms with Crippen molar-refractivity contribution in [3.8, 4) is 0 Å². The SMILES string of the molecule is CCCNCc1ccc(N(C)Cc2csc(C)n2)cc1. The summed E-state index contributed by atoms with van der Waals surface area (Å²) in [6.07, 6.45) is 1.17. The molecule has 2 aromatic rings. The van der Waals surface area contributed by atoms with Crippen molar-refractivity contribution in [1.82, 2.24) is 10.3 Å². The minimum absolute atomic E-state index is 0.859. The van der Waals surface area contributed by atoms with Crippen molar-refractivity contribution in [3.63, 3.8) is 0 Å². The number of hydrogen-bond donors (Lipinski definition) is 1. The van der Waals surface area contributed by atoms with Crippen LogP contribution in [0.25, 0.3) is 0 Å². The van der Waals surface area contributed by atoms with Crippen LogP contribution >= 0.6 is 11.3 Å². The summed E-state index contributed by atoms with van der Waals surface area (Å²) < 4.78 is 0. The summed E-state index contributed by atoms with van der Waals surface area (Å²) in [4.78, 5) is 6.74. The molecule has 0 aliphatic carbocycles. The van der Waals surface area contributed by atoms with Gasteiger partial charge in [0.05, 0.1) is 17.2 Å². The molecular formula is C16H23N3S. The third-order valence-corrected chi connectivity index (χ3v) is 4.02. The van der Waals surface area contributed by atoms with Crippen LogP contribution in [0, 0.1) is 6.92 Å². The monoisotopic (exact) mass is 289 g/mol. The Morgan fingerprint density at radius 1 is 1.25 bits per heavy atom. The van der Waals surface area contributed by atoms with E-state index in [9.17, 15) is 0 Å². The van der Waals surface area contributed by atoms with E-state index in [1.165, 1.54) is 17.7 Å². The van der Waals surface area contributed by atoms with Gasteiger partial charge in [-0.15, -0.1) is 11.3 Å². The number of hydrogen-bond acceptors (Lipinski definition) is 4. The van der Waals surface area contributed by atoms with Gasteiger partial charge in [0, 0.05) is 24.7 Å². The quantitative estimate of drug-likeness (QED) is 0.790. The minimum Gasteiger partial charge on any atom is -0.369 e. The second kappa shape index (κ2) is 7.41. The molecule has 0 radical (unpaired) electrons. The van der Waals surface area contributed by atoms with E-state index in [0.717, 1.165) is 30.3 Å². The fourth-order valence-electron chi connectivity index (χ4n) is 2.09. The Bertz CT molecular complexity index is 519. The Hall–Kier alpha value is -1.39. The average Bonchev–Trinajstić information content (AvgIpc) is 2.85. The van der Waals surface area contributed by atoms with Crippen LogP contribution in [0.2, 0.25) is 0 Å². The van der Waals surface area contributed by atoms with Crippen molar-refractivity contribution in [2.45, 2.75) is 33.4 Å². The van der Waals surface area contributed by atoms with Crippen molar-refractivity contribution in [2.24, 2.45) is 0 Å². The summed E-state index contributed by atoms with van der Waals surface area (Å²) in [6, 6.07) is 8.76. The summed E-state index contributed by atoms with van der Waals surface area (Å²) in [6.45, 7) is 7.11. The zero-order valence-corrected chi connectivity index (χ0v) is 13.3. The first-order valence-corrected chi connectivity index (χ1v) is 7.99. The largest absolute Gasteiger partial charge is 0.369 e. The predicted molar refractivity (Wildman–Crippen MR) is 87.4 cm³/mol. The number of aryl methyl sites for hydroxylation is 1. The van der Waals surface area contributed by atoms with E-state index in [0.29, 0.717) is 0 Å². The lowest BCUT2D eigenvalue weighted by Gasteiger charge is -2.18. The molecule has 0 fully saturated rings. The van der Waals surface area contributed by atoms with Crippen molar-refractivity contribution in [3.05, 3.63) is 45.9 Å². The van der Waals surface area contributed by atoms with Gasteiger partial charge >= 0.3 is 0 Å². The number of benzene rings is 1. The number of rotatable bonds is 7. The van der Waals surface area contributed by atoms with E-state index in [4.69, 9.17) is 0 Å². The van der Waals surface area contributed by atoms with E-state index in [1.807, 2.05) is 6.92 Å². The van der Waals surface area contributed by atoms with Gasteiger partial charge in [-0.25, -0.2) is 4.98 Å². The summed E-state index contributed by atoms with van der Waals surface area (Å²) in [5.41, 5.74) is 3.71. The molecule has 2 rings (SSSR count). The Kier molecular flexibility index (Phi) is 5.56. The number of nitrogens with one attached hydrogen (secondary N) is 1. The molecular weight excluding hydrogens is 266 g/mol. The van der Waals surface area contributed by atoms with Crippen LogP contribution in [-0.2, 0) is 13.1 Å². The molecule has 0 saturated heterocycles. The highest BCUT2D eigenvalue weighted by atomic mass is 32.1. The number of nitrogens with zero attached hydrogens (tertiary/aromatic N) is 2. The lowest BCUT2D eigenvalue weighted by atomic mass is 10.2. The van der Waals surface area contributed by atoms with Gasteiger partial charge in [-0.1, -0.05) is 19.1 Å². The van der Waals surface area contributed by atoms with Crippen LogP contribution in [0.5, 0.6) is 0 Å². The summed E-state index contributed by atoms with van der Waals surface area (Å²) in [7, 11) is 2.11. The fourth-order valence-corrected chi connectivity index (χ4v) is 2.70. The minimum atomic E-state index is 0.859. The molecule has 0 spiro atoms. The van der Waals surface area contributed by atoms with Crippen LogP contribution in [-0.4, -0.2) is 18.6 Å². The molecule has 0 aliphatic heterocycles. The molecule has 0 saturated carbocycles. The first kappa shape index (κ1) is 15.0. The van der Waals surface area contributed by atoms with Crippen LogP contribution in [0.1, 0.15) is 29.6 Å². The van der Waals surface area contributed by atoms with Crippen LogP contribution in [0.4, 0.5) is 5.69 Å².